The van der Waals surface area contributed by atoms with E-state index in [1.165, 1.54) is 4.88 Å². The monoisotopic (exact) mass is 288 g/mol. The summed E-state index contributed by atoms with van der Waals surface area (Å²) >= 11 is 5.11. The molecular weight excluding hydrogens is 276 g/mol. The first-order valence-electron chi connectivity index (χ1n) is 4.93. The van der Waals surface area contributed by atoms with Crippen LogP contribution in [0.2, 0.25) is 0 Å². The number of carbonyl (C=O) groups is 1. The molecule has 1 aromatic rings. The van der Waals surface area contributed by atoms with Gasteiger partial charge in [-0.15, -0.1) is 11.3 Å². The summed E-state index contributed by atoms with van der Waals surface area (Å²) < 4.78 is 1.12. The highest BCUT2D eigenvalue weighted by Crippen LogP contribution is 2.23. The molecule has 3 nitrogen and oxygen atoms in total. The van der Waals surface area contributed by atoms with Crippen LogP contribution in [0.4, 0.5) is 0 Å². The van der Waals surface area contributed by atoms with E-state index < -0.39 is 0 Å². The van der Waals surface area contributed by atoms with E-state index in [9.17, 15) is 4.79 Å². The summed E-state index contributed by atoms with van der Waals surface area (Å²) in [5.41, 5.74) is 0. The number of hydrogen-bond donors (Lipinski definition) is 1. The Bertz CT molecular complexity index is 366. The van der Waals surface area contributed by atoms with E-state index in [2.05, 4.69) is 27.3 Å². The minimum Gasteiger partial charge on any atom is -0.335 e. The van der Waals surface area contributed by atoms with Crippen molar-refractivity contribution in [3.63, 3.8) is 0 Å². The lowest BCUT2D eigenvalue weighted by Gasteiger charge is -2.31. The number of nitrogens with one attached hydrogen (secondary N) is 1. The Labute approximate surface area is 102 Å². The van der Waals surface area contributed by atoms with Crippen LogP contribution in [0, 0.1) is 0 Å². The molecule has 1 aliphatic heterocycles. The van der Waals surface area contributed by atoms with E-state index in [0.29, 0.717) is 0 Å². The number of carbonyl (C=O) groups excluding carboxylic acids is 1. The first kappa shape index (κ1) is 11.1. The molecule has 0 aromatic carbocycles. The normalized spacial score (nSPS) is 22.1. The molecule has 0 spiro atoms. The van der Waals surface area contributed by atoms with Crippen molar-refractivity contribution in [1.82, 2.24) is 10.2 Å². The lowest BCUT2D eigenvalue weighted by molar-refractivity contribution is -0.135. The van der Waals surface area contributed by atoms with Crippen molar-refractivity contribution < 1.29 is 4.79 Å². The van der Waals surface area contributed by atoms with Crippen molar-refractivity contribution in [2.45, 2.75) is 19.5 Å². The van der Waals surface area contributed by atoms with E-state index in [1.807, 2.05) is 17.9 Å². The van der Waals surface area contributed by atoms with Crippen molar-refractivity contribution in [3.05, 3.63) is 20.8 Å². The van der Waals surface area contributed by atoms with Gasteiger partial charge in [0, 0.05) is 18.0 Å². The molecule has 15 heavy (non-hydrogen) atoms. The van der Waals surface area contributed by atoms with Gasteiger partial charge >= 0.3 is 0 Å². The van der Waals surface area contributed by atoms with Crippen LogP contribution in [-0.2, 0) is 11.3 Å². The first-order chi connectivity index (χ1) is 7.16. The summed E-state index contributed by atoms with van der Waals surface area (Å²) in [6, 6.07) is 4.05. The maximum atomic E-state index is 11.8. The Morgan fingerprint density at radius 1 is 1.67 bits per heavy atom. The van der Waals surface area contributed by atoms with Gasteiger partial charge in [0.2, 0.25) is 5.91 Å². The van der Waals surface area contributed by atoms with Crippen molar-refractivity contribution in [2.24, 2.45) is 0 Å². The van der Waals surface area contributed by atoms with E-state index in [-0.39, 0.29) is 11.9 Å². The lowest BCUT2D eigenvalue weighted by Crippen LogP contribution is -2.53. The number of rotatable bonds is 2. The summed E-state index contributed by atoms with van der Waals surface area (Å²) in [6.45, 7) is 4.35. The van der Waals surface area contributed by atoms with Gasteiger partial charge in [-0.05, 0) is 35.0 Å². The van der Waals surface area contributed by atoms with Gasteiger partial charge in [0.25, 0.3) is 0 Å². The van der Waals surface area contributed by atoms with Gasteiger partial charge in [-0.3, -0.25) is 4.79 Å². The Morgan fingerprint density at radius 3 is 3.13 bits per heavy atom. The molecular formula is C10H13BrN2OS. The standard InChI is InChI=1S/C10H13BrN2OS/c1-7-10(14)13(5-4-12-7)6-8-2-3-9(11)15-8/h2-3,7,12H,4-6H2,1H3. The predicted molar refractivity (Wildman–Crippen MR) is 64.9 cm³/mol. The number of nitrogens with zero attached hydrogens (tertiary/aromatic N) is 1. The maximum absolute atomic E-state index is 11.8. The second-order valence-corrected chi connectivity index (χ2v) is 6.19. The fourth-order valence-corrected chi connectivity index (χ4v) is 3.17. The second kappa shape index (κ2) is 4.63. The van der Waals surface area contributed by atoms with Crippen molar-refractivity contribution in [1.29, 1.82) is 0 Å². The van der Waals surface area contributed by atoms with Gasteiger partial charge < -0.3 is 10.2 Å². The summed E-state index contributed by atoms with van der Waals surface area (Å²) in [6.07, 6.45) is 0. The number of hydrogen-bond acceptors (Lipinski definition) is 3. The number of amides is 1. The Hall–Kier alpha value is -0.390. The van der Waals surface area contributed by atoms with Crippen LogP contribution >= 0.6 is 27.3 Å². The highest BCUT2D eigenvalue weighted by atomic mass is 79.9. The second-order valence-electron chi connectivity index (χ2n) is 3.64. The zero-order valence-corrected chi connectivity index (χ0v) is 10.9. The van der Waals surface area contributed by atoms with Crippen molar-refractivity contribution in [3.8, 4) is 0 Å². The highest BCUT2D eigenvalue weighted by Gasteiger charge is 2.24. The van der Waals surface area contributed by atoms with Gasteiger partial charge in [-0.2, -0.15) is 0 Å². The molecule has 82 valence electrons. The Balaban J connectivity index is 2.02. The molecule has 0 radical (unpaired) electrons. The van der Waals surface area contributed by atoms with E-state index in [4.69, 9.17) is 0 Å². The van der Waals surface area contributed by atoms with Crippen LogP contribution < -0.4 is 5.32 Å². The Morgan fingerprint density at radius 2 is 2.47 bits per heavy atom. The van der Waals surface area contributed by atoms with Crippen LogP contribution in [0.15, 0.2) is 15.9 Å². The summed E-state index contributed by atoms with van der Waals surface area (Å²) in [4.78, 5) is 14.9. The topological polar surface area (TPSA) is 32.3 Å². The minimum absolute atomic E-state index is 0.0397. The largest absolute Gasteiger partial charge is 0.335 e. The molecule has 1 amide bonds. The predicted octanol–water partition coefficient (Wildman–Crippen LogP) is 1.83. The van der Waals surface area contributed by atoms with Crippen LogP contribution in [0.5, 0.6) is 0 Å². The van der Waals surface area contributed by atoms with Crippen LogP contribution in [0.25, 0.3) is 0 Å². The molecule has 2 rings (SSSR count). The van der Waals surface area contributed by atoms with E-state index >= 15 is 0 Å². The molecule has 1 atom stereocenters. The fourth-order valence-electron chi connectivity index (χ4n) is 1.67. The number of thiophene rings is 1. The molecule has 1 unspecified atom stereocenters. The third-order valence-electron chi connectivity index (χ3n) is 2.49. The van der Waals surface area contributed by atoms with Gasteiger partial charge in [0.15, 0.2) is 0 Å². The third-order valence-corrected chi connectivity index (χ3v) is 4.10. The molecule has 0 aliphatic carbocycles. The fraction of sp³-hybridized carbons (Fsp3) is 0.500. The molecule has 5 heteroatoms. The number of halogens is 1. The molecule has 0 bridgehead atoms. The smallest absolute Gasteiger partial charge is 0.239 e. The van der Waals surface area contributed by atoms with E-state index in [1.54, 1.807) is 11.3 Å². The van der Waals surface area contributed by atoms with Crippen LogP contribution in [-0.4, -0.2) is 29.9 Å². The molecule has 1 fully saturated rings. The quantitative estimate of drug-likeness (QED) is 0.901. The summed E-state index contributed by atoms with van der Waals surface area (Å²) in [5.74, 6) is 0.200. The molecule has 0 saturated carbocycles. The zero-order chi connectivity index (χ0) is 10.8. The van der Waals surface area contributed by atoms with Crippen molar-refractivity contribution in [2.75, 3.05) is 13.1 Å². The summed E-state index contributed by atoms with van der Waals surface area (Å²) in [7, 11) is 0. The third kappa shape index (κ3) is 2.59. The Kier molecular flexibility index (Phi) is 3.43. The van der Waals surface area contributed by atoms with Gasteiger partial charge in [0.05, 0.1) is 16.4 Å². The average molecular weight is 289 g/mol. The van der Waals surface area contributed by atoms with Gasteiger partial charge in [0.1, 0.15) is 0 Å². The lowest BCUT2D eigenvalue weighted by atomic mass is 10.2. The van der Waals surface area contributed by atoms with Gasteiger partial charge in [-0.25, -0.2) is 0 Å². The molecule has 1 aromatic heterocycles. The van der Waals surface area contributed by atoms with E-state index in [0.717, 1.165) is 23.4 Å². The van der Waals surface area contributed by atoms with Crippen LogP contribution in [0.1, 0.15) is 11.8 Å². The SMILES string of the molecule is CC1NCCN(Cc2ccc(Br)s2)C1=O. The summed E-state index contributed by atoms with van der Waals surface area (Å²) in [5, 5.41) is 3.16. The molecule has 1 aliphatic rings. The van der Waals surface area contributed by atoms with Gasteiger partial charge in [-0.1, -0.05) is 0 Å². The number of piperazine rings is 1. The average Bonchev–Trinajstić information content (AvgIpc) is 2.59. The molecule has 2 heterocycles. The highest BCUT2D eigenvalue weighted by molar-refractivity contribution is 9.11. The molecule has 1 N–H and O–H groups in total. The first-order valence-corrected chi connectivity index (χ1v) is 6.54. The zero-order valence-electron chi connectivity index (χ0n) is 8.50. The van der Waals surface area contributed by atoms with Crippen molar-refractivity contribution >= 4 is 33.2 Å². The molecule has 1 saturated heterocycles. The maximum Gasteiger partial charge on any atom is 0.239 e. The van der Waals surface area contributed by atoms with Crippen LogP contribution in [0.3, 0.4) is 0 Å². The minimum atomic E-state index is -0.0397.